The van der Waals surface area contributed by atoms with Crippen LogP contribution in [0.4, 0.5) is 26.4 Å². The number of carbonyl (C=O) groups is 3. The Morgan fingerprint density at radius 1 is 1.00 bits per heavy atom. The first-order valence-electron chi connectivity index (χ1n) is 13.7. The molecule has 1 saturated heterocycles. The highest BCUT2D eigenvalue weighted by atomic mass is 19.1. The molecule has 214 valence electrons. The number of anilines is 3. The third kappa shape index (κ3) is 5.28. The fourth-order valence-corrected chi connectivity index (χ4v) is 5.37. The summed E-state index contributed by atoms with van der Waals surface area (Å²) in [5, 5.41) is 6.13. The molecular formula is C31H29FN6O4. The molecule has 2 aliphatic rings. The fourth-order valence-electron chi connectivity index (χ4n) is 5.37. The van der Waals surface area contributed by atoms with Crippen molar-refractivity contribution in [2.75, 3.05) is 37.4 Å². The monoisotopic (exact) mass is 568 g/mol. The largest absolute Gasteiger partial charge is 0.494 e. The number of nitrogens with zero attached hydrogens (tertiary/aromatic N) is 3. The molecule has 10 nitrogen and oxygen atoms in total. The highest BCUT2D eigenvalue weighted by Crippen LogP contribution is 2.38. The maximum atomic E-state index is 13.8. The van der Waals surface area contributed by atoms with Gasteiger partial charge in [0.1, 0.15) is 5.82 Å². The number of urea groups is 1. The van der Waals surface area contributed by atoms with Crippen molar-refractivity contribution in [3.05, 3.63) is 89.5 Å². The van der Waals surface area contributed by atoms with Gasteiger partial charge in [0.25, 0.3) is 5.91 Å². The Morgan fingerprint density at radius 3 is 2.55 bits per heavy atom. The molecule has 0 bridgehead atoms. The van der Waals surface area contributed by atoms with Crippen molar-refractivity contribution in [3.8, 4) is 17.0 Å². The SMILES string of the molecule is COc1cc(C(=O)Nc2cc(-c3[nH]c4c(c3Nc3ccccc3)C(=O)CN(C(=O)N3CCCC3)C4)ccn2)ccc1F. The molecule has 4 aromatic rings. The van der Waals surface area contributed by atoms with Crippen molar-refractivity contribution in [2.45, 2.75) is 19.4 Å². The number of methoxy groups -OCH3 is 1. The number of benzene rings is 2. The van der Waals surface area contributed by atoms with Crippen LogP contribution in [0.1, 0.15) is 39.3 Å². The van der Waals surface area contributed by atoms with Crippen molar-refractivity contribution < 1.29 is 23.5 Å². The van der Waals surface area contributed by atoms with E-state index in [2.05, 4.69) is 20.6 Å². The Bertz CT molecular complexity index is 1670. The summed E-state index contributed by atoms with van der Waals surface area (Å²) in [5.41, 5.74) is 3.99. The van der Waals surface area contributed by atoms with Crippen LogP contribution < -0.4 is 15.4 Å². The lowest BCUT2D eigenvalue weighted by atomic mass is 10.0. The second-order valence-electron chi connectivity index (χ2n) is 10.2. The van der Waals surface area contributed by atoms with E-state index in [0.717, 1.165) is 24.6 Å². The molecule has 2 aromatic carbocycles. The summed E-state index contributed by atoms with van der Waals surface area (Å²) in [7, 11) is 1.33. The van der Waals surface area contributed by atoms with Gasteiger partial charge in [-0.2, -0.15) is 0 Å². The first-order chi connectivity index (χ1) is 20.4. The van der Waals surface area contributed by atoms with E-state index in [-0.39, 0.29) is 42.0 Å². The van der Waals surface area contributed by atoms with Crippen molar-refractivity contribution in [1.82, 2.24) is 19.8 Å². The summed E-state index contributed by atoms with van der Waals surface area (Å²) in [6, 6.07) is 16.6. The molecular weight excluding hydrogens is 539 g/mol. The Labute approximate surface area is 241 Å². The van der Waals surface area contributed by atoms with Gasteiger partial charge in [0.15, 0.2) is 17.3 Å². The van der Waals surface area contributed by atoms with E-state index in [1.54, 1.807) is 28.1 Å². The topological polar surface area (TPSA) is 120 Å². The van der Waals surface area contributed by atoms with Gasteiger partial charge in [-0.25, -0.2) is 14.2 Å². The van der Waals surface area contributed by atoms with Crippen LogP contribution in [0.3, 0.4) is 0 Å². The molecule has 2 aromatic heterocycles. The first kappa shape index (κ1) is 27.0. The number of para-hydroxylation sites is 1. The number of ether oxygens (including phenoxy) is 1. The van der Waals surface area contributed by atoms with Crippen LogP contribution >= 0.6 is 0 Å². The van der Waals surface area contributed by atoms with E-state index in [1.807, 2.05) is 30.3 Å². The maximum Gasteiger partial charge on any atom is 0.320 e. The minimum atomic E-state index is -0.571. The number of likely N-dealkylation sites (tertiary alicyclic amines) is 1. The lowest BCUT2D eigenvalue weighted by molar-refractivity contribution is 0.0896. The molecule has 0 atom stereocenters. The van der Waals surface area contributed by atoms with E-state index in [9.17, 15) is 18.8 Å². The Morgan fingerprint density at radius 2 is 1.79 bits per heavy atom. The van der Waals surface area contributed by atoms with Gasteiger partial charge >= 0.3 is 6.03 Å². The van der Waals surface area contributed by atoms with Gasteiger partial charge in [-0.05, 0) is 55.3 Å². The normalized spacial score (nSPS) is 14.5. The molecule has 2 aliphatic heterocycles. The average molecular weight is 569 g/mol. The molecule has 0 radical (unpaired) electrons. The van der Waals surface area contributed by atoms with Crippen molar-refractivity contribution in [1.29, 1.82) is 0 Å². The summed E-state index contributed by atoms with van der Waals surface area (Å²) in [4.78, 5) is 50.6. The predicted octanol–water partition coefficient (Wildman–Crippen LogP) is 5.43. The molecule has 0 spiro atoms. The van der Waals surface area contributed by atoms with Gasteiger partial charge < -0.3 is 30.2 Å². The second-order valence-corrected chi connectivity index (χ2v) is 10.2. The standard InChI is InChI=1S/C31H29FN6O4/c1-42-25-15-20(9-10-22(25)32)30(40)36-26-16-19(11-12-33-26)28-29(34-21-7-3-2-4-8-21)27-23(35-28)17-38(18-24(27)39)31(41)37-13-5-6-14-37/h2-4,7-12,15-16,34-35H,5-6,13-14,17-18H2,1H3,(H,33,36,40). The number of pyridine rings is 1. The Balaban J connectivity index is 1.34. The molecule has 11 heteroatoms. The summed E-state index contributed by atoms with van der Waals surface area (Å²) >= 11 is 0. The number of Topliss-reactive ketones (excluding diaryl/α,β-unsaturated/α-hetero) is 1. The van der Waals surface area contributed by atoms with Gasteiger partial charge in [0.2, 0.25) is 0 Å². The van der Waals surface area contributed by atoms with Crippen LogP contribution in [0.15, 0.2) is 66.9 Å². The molecule has 42 heavy (non-hydrogen) atoms. The van der Waals surface area contributed by atoms with Crippen molar-refractivity contribution in [2.24, 2.45) is 0 Å². The summed E-state index contributed by atoms with van der Waals surface area (Å²) in [5.74, 6) is -1.01. The number of fused-ring (bicyclic) bond motifs is 1. The Kier molecular flexibility index (Phi) is 7.30. The fraction of sp³-hybridized carbons (Fsp3) is 0.226. The summed E-state index contributed by atoms with van der Waals surface area (Å²) in [6.07, 6.45) is 3.48. The van der Waals surface area contributed by atoms with Gasteiger partial charge in [-0.15, -0.1) is 0 Å². The van der Waals surface area contributed by atoms with Gasteiger partial charge in [-0.3, -0.25) is 9.59 Å². The zero-order valence-corrected chi connectivity index (χ0v) is 22.9. The van der Waals surface area contributed by atoms with Crippen LogP contribution in [0.5, 0.6) is 5.75 Å². The number of nitrogens with one attached hydrogen (secondary N) is 3. The molecule has 3 N–H and O–H groups in total. The van der Waals surface area contributed by atoms with Gasteiger partial charge in [0.05, 0.1) is 37.1 Å². The highest BCUT2D eigenvalue weighted by molar-refractivity contribution is 6.09. The zero-order valence-electron chi connectivity index (χ0n) is 22.9. The van der Waals surface area contributed by atoms with E-state index in [4.69, 9.17) is 4.74 Å². The van der Waals surface area contributed by atoms with Crippen LogP contribution in [0, 0.1) is 5.82 Å². The van der Waals surface area contributed by atoms with Gasteiger partial charge in [0, 0.05) is 41.8 Å². The van der Waals surface area contributed by atoms with Crippen LogP contribution in [0.25, 0.3) is 11.3 Å². The maximum absolute atomic E-state index is 13.8. The minimum absolute atomic E-state index is 0.0120. The van der Waals surface area contributed by atoms with Gasteiger partial charge in [-0.1, -0.05) is 18.2 Å². The second kappa shape index (κ2) is 11.4. The third-order valence-electron chi connectivity index (χ3n) is 7.43. The van der Waals surface area contributed by atoms with E-state index in [1.165, 1.54) is 19.2 Å². The summed E-state index contributed by atoms with van der Waals surface area (Å²) in [6.45, 7) is 1.65. The smallest absolute Gasteiger partial charge is 0.320 e. The van der Waals surface area contributed by atoms with Crippen LogP contribution in [0.2, 0.25) is 0 Å². The number of rotatable bonds is 6. The van der Waals surface area contributed by atoms with Crippen LogP contribution in [-0.2, 0) is 6.54 Å². The molecule has 1 fully saturated rings. The average Bonchev–Trinajstić information content (AvgIpc) is 3.67. The highest BCUT2D eigenvalue weighted by Gasteiger charge is 2.35. The number of aromatic amines is 1. The van der Waals surface area contributed by atoms with E-state index < -0.39 is 11.7 Å². The number of aromatic nitrogens is 2. The molecule has 0 saturated carbocycles. The number of halogens is 1. The van der Waals surface area contributed by atoms with Crippen molar-refractivity contribution in [3.63, 3.8) is 0 Å². The number of ketones is 1. The number of hydrogen-bond donors (Lipinski definition) is 3. The summed E-state index contributed by atoms with van der Waals surface area (Å²) < 4.78 is 18.8. The number of amides is 3. The zero-order chi connectivity index (χ0) is 29.2. The molecule has 3 amide bonds. The minimum Gasteiger partial charge on any atom is -0.494 e. The molecule has 6 rings (SSSR count). The molecule has 0 aliphatic carbocycles. The quantitative estimate of drug-likeness (QED) is 0.285. The molecule has 4 heterocycles. The lowest BCUT2D eigenvalue weighted by Crippen LogP contribution is -2.46. The lowest BCUT2D eigenvalue weighted by Gasteiger charge is -2.30. The molecule has 0 unspecified atom stereocenters. The number of carbonyl (C=O) groups excluding carboxylic acids is 3. The number of hydrogen-bond acceptors (Lipinski definition) is 6. The van der Waals surface area contributed by atoms with E-state index in [0.29, 0.717) is 41.3 Å². The van der Waals surface area contributed by atoms with Crippen molar-refractivity contribution >= 4 is 34.9 Å². The van der Waals surface area contributed by atoms with E-state index >= 15 is 0 Å². The first-order valence-corrected chi connectivity index (χ1v) is 13.7. The predicted molar refractivity (Wildman–Crippen MR) is 156 cm³/mol. The Hall–Kier alpha value is -5.19. The third-order valence-corrected chi connectivity index (χ3v) is 7.43. The van der Waals surface area contributed by atoms with Crippen LogP contribution in [-0.4, -0.2) is 64.2 Å². The number of H-pyrrole nitrogens is 1.